The van der Waals surface area contributed by atoms with E-state index in [-0.39, 0.29) is 17.5 Å². The summed E-state index contributed by atoms with van der Waals surface area (Å²) in [5.74, 6) is -1.58. The van der Waals surface area contributed by atoms with Crippen LogP contribution in [0.15, 0.2) is 103 Å². The number of anilines is 2. The molecule has 0 saturated carbocycles. The van der Waals surface area contributed by atoms with Gasteiger partial charge >= 0.3 is 0 Å². The highest BCUT2D eigenvalue weighted by Gasteiger charge is 2.70. The Labute approximate surface area is 245 Å². The van der Waals surface area contributed by atoms with Crippen LogP contribution in [0.2, 0.25) is 0 Å². The van der Waals surface area contributed by atoms with Crippen molar-refractivity contribution in [1.29, 1.82) is 0 Å². The summed E-state index contributed by atoms with van der Waals surface area (Å²) >= 11 is 0. The number of aryl methyl sites for hydroxylation is 2. The van der Waals surface area contributed by atoms with E-state index in [2.05, 4.69) is 23.2 Å². The van der Waals surface area contributed by atoms with E-state index >= 15 is 0 Å². The predicted molar refractivity (Wildman–Crippen MR) is 166 cm³/mol. The summed E-state index contributed by atoms with van der Waals surface area (Å²) in [6.45, 7) is 4.16. The minimum atomic E-state index is -1.30. The molecule has 5 heteroatoms. The summed E-state index contributed by atoms with van der Waals surface area (Å²) in [5.41, 5.74) is 5.25. The summed E-state index contributed by atoms with van der Waals surface area (Å²) < 4.78 is 0. The summed E-state index contributed by atoms with van der Waals surface area (Å²) in [4.78, 5) is 46.1. The van der Waals surface area contributed by atoms with E-state index < -0.39 is 23.4 Å². The Morgan fingerprint density at radius 2 is 1.57 bits per heavy atom. The Kier molecular flexibility index (Phi) is 6.19. The van der Waals surface area contributed by atoms with E-state index in [1.807, 2.05) is 97.9 Å². The van der Waals surface area contributed by atoms with Crippen molar-refractivity contribution in [1.82, 2.24) is 0 Å². The Morgan fingerprint density at radius 3 is 2.33 bits per heavy atom. The molecule has 3 aliphatic heterocycles. The van der Waals surface area contributed by atoms with Crippen molar-refractivity contribution in [2.45, 2.75) is 44.2 Å². The highest BCUT2D eigenvalue weighted by molar-refractivity contribution is 6.18. The molecule has 3 aliphatic rings. The van der Waals surface area contributed by atoms with Gasteiger partial charge in [-0.2, -0.15) is 0 Å². The molecule has 0 aromatic heterocycles. The number of carbonyl (C=O) groups excluding carboxylic acids is 3. The first-order valence-electron chi connectivity index (χ1n) is 14.7. The van der Waals surface area contributed by atoms with Crippen molar-refractivity contribution >= 4 is 34.9 Å². The van der Waals surface area contributed by atoms with Crippen molar-refractivity contribution in [3.63, 3.8) is 0 Å². The number of ketones is 2. The molecule has 1 fully saturated rings. The number of hydrogen-bond donors (Lipinski definition) is 1. The molecule has 7 rings (SSSR count). The fourth-order valence-corrected chi connectivity index (χ4v) is 7.38. The normalized spacial score (nSPS) is 23.3. The van der Waals surface area contributed by atoms with Crippen LogP contribution in [-0.4, -0.2) is 29.6 Å². The van der Waals surface area contributed by atoms with Crippen LogP contribution >= 0.6 is 0 Å². The fraction of sp³-hybridized carbons (Fsp3) is 0.216. The van der Waals surface area contributed by atoms with Gasteiger partial charge in [-0.05, 0) is 48.2 Å². The summed E-state index contributed by atoms with van der Waals surface area (Å²) in [6, 6.07) is 29.1. The van der Waals surface area contributed by atoms with Crippen molar-refractivity contribution < 1.29 is 14.4 Å². The number of carbonyl (C=O) groups is 3. The minimum Gasteiger partial charge on any atom is -0.352 e. The third kappa shape index (κ3) is 3.73. The maximum Gasteiger partial charge on any atom is 0.238 e. The summed E-state index contributed by atoms with van der Waals surface area (Å²) in [5, 5.41) is 3.09. The molecule has 1 N–H and O–H groups in total. The molecule has 4 aromatic rings. The van der Waals surface area contributed by atoms with Gasteiger partial charge in [-0.3, -0.25) is 14.4 Å². The van der Waals surface area contributed by atoms with Crippen LogP contribution in [0.1, 0.15) is 56.3 Å². The lowest BCUT2D eigenvalue weighted by Crippen LogP contribution is -2.51. The molecule has 0 unspecified atom stereocenters. The second kappa shape index (κ2) is 9.95. The number of benzene rings is 4. The Morgan fingerprint density at radius 1 is 0.857 bits per heavy atom. The van der Waals surface area contributed by atoms with E-state index in [1.165, 1.54) is 0 Å². The highest BCUT2D eigenvalue weighted by atomic mass is 16.2. The van der Waals surface area contributed by atoms with E-state index in [1.54, 1.807) is 12.1 Å². The van der Waals surface area contributed by atoms with E-state index in [0.29, 0.717) is 16.8 Å². The largest absolute Gasteiger partial charge is 0.352 e. The van der Waals surface area contributed by atoms with Gasteiger partial charge in [0.2, 0.25) is 5.91 Å². The number of nitrogens with zero attached hydrogens (tertiary/aromatic N) is 1. The van der Waals surface area contributed by atoms with Crippen LogP contribution in [0.3, 0.4) is 0 Å². The number of Topliss-reactive ketones (excluding diaryl/α,β-unsaturated/α-hetero) is 2. The molecule has 42 heavy (non-hydrogen) atoms. The molecule has 4 atom stereocenters. The van der Waals surface area contributed by atoms with Crippen LogP contribution in [0.4, 0.5) is 11.4 Å². The van der Waals surface area contributed by atoms with Crippen LogP contribution in [0, 0.1) is 12.8 Å². The lowest BCUT2D eigenvalue weighted by atomic mass is 9.64. The first-order valence-corrected chi connectivity index (χ1v) is 14.7. The second-order valence-electron chi connectivity index (χ2n) is 11.6. The van der Waals surface area contributed by atoms with Crippen LogP contribution in [0.5, 0.6) is 0 Å². The third-order valence-corrected chi connectivity index (χ3v) is 9.17. The lowest BCUT2D eigenvalue weighted by molar-refractivity contribution is -0.121. The molecule has 3 heterocycles. The maximum absolute atomic E-state index is 14.9. The van der Waals surface area contributed by atoms with Gasteiger partial charge in [0.25, 0.3) is 0 Å². The predicted octanol–water partition coefficient (Wildman–Crippen LogP) is 6.80. The first kappa shape index (κ1) is 26.1. The molecular weight excluding hydrogens is 520 g/mol. The molecule has 0 radical (unpaired) electrons. The zero-order valence-corrected chi connectivity index (χ0v) is 23.7. The molecule has 5 nitrogen and oxygen atoms in total. The number of para-hydroxylation sites is 1. The summed E-state index contributed by atoms with van der Waals surface area (Å²) in [6.07, 6.45) is 5.98. The van der Waals surface area contributed by atoms with Crippen LogP contribution < -0.4 is 10.2 Å². The van der Waals surface area contributed by atoms with Gasteiger partial charge < -0.3 is 10.2 Å². The minimum absolute atomic E-state index is 0.169. The van der Waals surface area contributed by atoms with Crippen molar-refractivity contribution in [2.75, 3.05) is 10.2 Å². The average molecular weight is 553 g/mol. The zero-order chi connectivity index (χ0) is 29.0. The number of nitrogens with one attached hydrogen (secondary N) is 1. The van der Waals surface area contributed by atoms with Crippen molar-refractivity contribution in [3.05, 3.63) is 137 Å². The molecule has 1 amide bonds. The fourth-order valence-electron chi connectivity index (χ4n) is 7.38. The number of fused-ring (bicyclic) bond motifs is 6. The molecule has 1 spiro atoms. The average Bonchev–Trinajstić information content (AvgIpc) is 3.49. The van der Waals surface area contributed by atoms with Gasteiger partial charge in [0.1, 0.15) is 11.5 Å². The molecular formula is C37H32N2O3. The topological polar surface area (TPSA) is 66.5 Å². The quantitative estimate of drug-likeness (QED) is 0.267. The summed E-state index contributed by atoms with van der Waals surface area (Å²) in [7, 11) is 0. The Balaban J connectivity index is 1.50. The van der Waals surface area contributed by atoms with Gasteiger partial charge in [-0.1, -0.05) is 110 Å². The van der Waals surface area contributed by atoms with Gasteiger partial charge in [0.15, 0.2) is 11.6 Å². The molecule has 0 aliphatic carbocycles. The van der Waals surface area contributed by atoms with E-state index in [4.69, 9.17) is 0 Å². The van der Waals surface area contributed by atoms with Crippen LogP contribution in [0.25, 0.3) is 6.08 Å². The Hall–Kier alpha value is -4.77. The van der Waals surface area contributed by atoms with Gasteiger partial charge in [-0.25, -0.2) is 0 Å². The highest BCUT2D eigenvalue weighted by Crippen LogP contribution is 2.58. The zero-order valence-electron chi connectivity index (χ0n) is 23.7. The van der Waals surface area contributed by atoms with E-state index in [9.17, 15) is 14.4 Å². The molecule has 0 bridgehead atoms. The monoisotopic (exact) mass is 552 g/mol. The molecule has 4 aromatic carbocycles. The Bertz CT molecular complexity index is 1760. The number of hydrogen-bond acceptors (Lipinski definition) is 4. The lowest BCUT2D eigenvalue weighted by Gasteiger charge is -2.37. The number of amides is 1. The van der Waals surface area contributed by atoms with Crippen molar-refractivity contribution in [2.24, 2.45) is 5.92 Å². The van der Waals surface area contributed by atoms with Crippen LogP contribution in [-0.2, 0) is 16.6 Å². The van der Waals surface area contributed by atoms with Gasteiger partial charge in [0.05, 0.1) is 12.0 Å². The number of rotatable bonds is 6. The second-order valence-corrected chi connectivity index (χ2v) is 11.6. The van der Waals surface area contributed by atoms with Gasteiger partial charge in [-0.15, -0.1) is 0 Å². The first-order chi connectivity index (χ1) is 20.4. The standard InChI is InChI=1S/C37H32N2O3/c1-3-9-24-15-17-26(18-16-24)34(40)32-33(35(41)25-10-5-4-6-11-25)39-30-20-14-23(2)22-27(30)19-21-31(39)37(32)28-12-7-8-13-29(28)38-36(37)42/h4-8,10-22,31-33H,3,9H2,1-2H3,(H,38,42)/t31-,32+,33+,37+/m1/s1. The third-order valence-electron chi connectivity index (χ3n) is 9.17. The van der Waals surface area contributed by atoms with Gasteiger partial charge in [0, 0.05) is 22.5 Å². The SMILES string of the molecule is CCCc1ccc(C(=O)[C@@H]2[C@@H](C(=O)c3ccccc3)N3c4ccc(C)cc4C=C[C@@H]3[C@]23C(=O)Nc2ccccc23)cc1. The maximum atomic E-state index is 14.9. The molecule has 1 saturated heterocycles. The van der Waals surface area contributed by atoms with E-state index in [0.717, 1.165) is 40.8 Å². The van der Waals surface area contributed by atoms with Crippen molar-refractivity contribution in [3.8, 4) is 0 Å². The smallest absolute Gasteiger partial charge is 0.238 e. The molecule has 208 valence electrons.